The highest BCUT2D eigenvalue weighted by molar-refractivity contribution is 5.41. The predicted octanol–water partition coefficient (Wildman–Crippen LogP) is 9.00. The van der Waals surface area contributed by atoms with Crippen molar-refractivity contribution in [2.24, 2.45) is 51.8 Å². The highest BCUT2D eigenvalue weighted by Crippen LogP contribution is 2.71. The fourth-order valence-electron chi connectivity index (χ4n) is 8.15. The van der Waals surface area contributed by atoms with E-state index in [4.69, 9.17) is 0 Å². The summed E-state index contributed by atoms with van der Waals surface area (Å²) in [5.41, 5.74) is 4.89. The van der Waals surface area contributed by atoms with Crippen molar-refractivity contribution in [1.82, 2.24) is 0 Å². The van der Waals surface area contributed by atoms with Crippen LogP contribution in [0.25, 0.3) is 0 Å². The zero-order valence-corrected chi connectivity index (χ0v) is 21.2. The summed E-state index contributed by atoms with van der Waals surface area (Å²) < 4.78 is 0. The van der Waals surface area contributed by atoms with Crippen LogP contribution in [0.15, 0.2) is 35.5 Å². The Hall–Kier alpha value is -0.780. The van der Waals surface area contributed by atoms with Gasteiger partial charge in [0.05, 0.1) is 0 Å². The van der Waals surface area contributed by atoms with Gasteiger partial charge in [-0.1, -0.05) is 90.8 Å². The summed E-state index contributed by atoms with van der Waals surface area (Å²) in [6, 6.07) is 0. The van der Waals surface area contributed by atoms with Gasteiger partial charge in [-0.2, -0.15) is 0 Å². The normalized spacial score (nSPS) is 45.4. The van der Waals surface area contributed by atoms with E-state index < -0.39 is 0 Å². The van der Waals surface area contributed by atoms with Crippen molar-refractivity contribution in [1.29, 1.82) is 0 Å². The summed E-state index contributed by atoms with van der Waals surface area (Å²) in [7, 11) is 0. The minimum atomic E-state index is 0.389. The Balaban J connectivity index is 1.63. The van der Waals surface area contributed by atoms with Gasteiger partial charge in [0.1, 0.15) is 0 Å². The zero-order valence-electron chi connectivity index (χ0n) is 21.2. The van der Waals surface area contributed by atoms with Crippen LogP contribution in [-0.4, -0.2) is 0 Å². The molecule has 0 aromatic carbocycles. The van der Waals surface area contributed by atoms with Gasteiger partial charge in [-0.05, 0) is 96.7 Å². The number of allylic oxidation sites excluding steroid dienone is 6. The first kappa shape index (κ1) is 22.4. The molecule has 30 heavy (non-hydrogen) atoms. The molecule has 0 aromatic heterocycles. The molecule has 0 radical (unpaired) electrons. The Morgan fingerprint density at radius 1 is 0.900 bits per heavy atom. The fraction of sp³-hybridized carbons (Fsp3) is 0.800. The molecular weight excluding hydrogens is 360 g/mol. The highest BCUT2D eigenvalue weighted by atomic mass is 14.7. The topological polar surface area (TPSA) is 0 Å². The summed E-state index contributed by atoms with van der Waals surface area (Å²) in [5.74, 6) is 4.61. The van der Waals surface area contributed by atoms with Crippen LogP contribution < -0.4 is 0 Å². The van der Waals surface area contributed by atoms with Gasteiger partial charge in [0, 0.05) is 0 Å². The lowest BCUT2D eigenvalue weighted by molar-refractivity contribution is 0.000830. The molecule has 8 unspecified atom stereocenters. The Morgan fingerprint density at radius 2 is 1.63 bits per heavy atom. The van der Waals surface area contributed by atoms with E-state index >= 15 is 0 Å². The van der Waals surface area contributed by atoms with Crippen LogP contribution in [0.4, 0.5) is 0 Å². The second kappa shape index (κ2) is 7.67. The minimum absolute atomic E-state index is 0.389. The molecule has 4 aliphatic carbocycles. The summed E-state index contributed by atoms with van der Waals surface area (Å²) >= 11 is 0. The molecule has 3 saturated carbocycles. The van der Waals surface area contributed by atoms with Crippen molar-refractivity contribution in [3.05, 3.63) is 35.5 Å². The molecule has 4 rings (SSSR count). The Kier molecular flexibility index (Phi) is 5.73. The molecule has 168 valence electrons. The molecule has 0 bridgehead atoms. The Morgan fingerprint density at radius 3 is 2.33 bits per heavy atom. The van der Waals surface area contributed by atoms with Gasteiger partial charge in [-0.15, -0.1) is 0 Å². The second-order valence-corrected chi connectivity index (χ2v) is 12.9. The van der Waals surface area contributed by atoms with Crippen molar-refractivity contribution in [2.45, 2.75) is 100 Å². The van der Waals surface area contributed by atoms with E-state index in [-0.39, 0.29) is 0 Å². The van der Waals surface area contributed by atoms with Crippen molar-refractivity contribution in [3.63, 3.8) is 0 Å². The summed E-state index contributed by atoms with van der Waals surface area (Å²) in [6.45, 7) is 20.0. The highest BCUT2D eigenvalue weighted by Gasteiger charge is 2.62. The van der Waals surface area contributed by atoms with Crippen LogP contribution in [0.2, 0.25) is 0 Å². The van der Waals surface area contributed by atoms with Gasteiger partial charge < -0.3 is 0 Å². The SMILES string of the molecule is CC1CCC2(C)C(=CC=C3C2CCC2(C)C(C(C)/C=C/C(C)C(C)C)CCC32C)C1. The van der Waals surface area contributed by atoms with Gasteiger partial charge in [0.2, 0.25) is 0 Å². The van der Waals surface area contributed by atoms with E-state index in [1.807, 2.05) is 5.57 Å². The van der Waals surface area contributed by atoms with Crippen LogP contribution in [-0.2, 0) is 0 Å². The van der Waals surface area contributed by atoms with Crippen molar-refractivity contribution >= 4 is 0 Å². The number of hydrogen-bond donors (Lipinski definition) is 0. The summed E-state index contributed by atoms with van der Waals surface area (Å²) in [4.78, 5) is 0. The average molecular weight is 409 g/mol. The first-order valence-corrected chi connectivity index (χ1v) is 13.1. The Bertz CT molecular complexity index is 750. The minimum Gasteiger partial charge on any atom is -0.0852 e. The van der Waals surface area contributed by atoms with Gasteiger partial charge in [0.25, 0.3) is 0 Å². The molecule has 0 nitrogen and oxygen atoms in total. The van der Waals surface area contributed by atoms with Crippen LogP contribution >= 0.6 is 0 Å². The maximum Gasteiger partial charge on any atom is -0.00473 e. The molecule has 0 amide bonds. The van der Waals surface area contributed by atoms with E-state index in [2.05, 4.69) is 79.7 Å². The van der Waals surface area contributed by atoms with Crippen molar-refractivity contribution < 1.29 is 0 Å². The quantitative estimate of drug-likeness (QED) is 0.407. The predicted molar refractivity (Wildman–Crippen MR) is 131 cm³/mol. The number of hydrogen-bond acceptors (Lipinski definition) is 0. The fourth-order valence-corrected chi connectivity index (χ4v) is 8.15. The van der Waals surface area contributed by atoms with Crippen molar-refractivity contribution in [3.8, 4) is 0 Å². The van der Waals surface area contributed by atoms with E-state index in [0.29, 0.717) is 28.1 Å². The lowest BCUT2D eigenvalue weighted by Crippen LogP contribution is -2.50. The molecule has 0 heteroatoms. The summed E-state index contributed by atoms with van der Waals surface area (Å²) in [5, 5.41) is 0. The first-order valence-electron chi connectivity index (χ1n) is 13.1. The molecule has 4 aliphatic rings. The molecular formula is C30H48. The standard InChI is InChI=1S/C30H48/c1-20(2)22(4)9-10-23(5)25-14-17-30(8)27-12-11-24-19-21(3)13-16-28(24,6)26(27)15-18-29(25,30)7/h9-12,20-23,25-26H,13-19H2,1-8H3/b10-9+. The number of rotatable bonds is 4. The zero-order chi connectivity index (χ0) is 21.9. The van der Waals surface area contributed by atoms with Crippen LogP contribution in [0.5, 0.6) is 0 Å². The largest absolute Gasteiger partial charge is 0.0852 e. The first-order chi connectivity index (χ1) is 14.0. The number of fused-ring (bicyclic) bond motifs is 5. The van der Waals surface area contributed by atoms with Crippen LogP contribution in [0.1, 0.15) is 100 Å². The molecule has 0 saturated heterocycles. The molecule has 0 spiro atoms. The van der Waals surface area contributed by atoms with Gasteiger partial charge in [-0.25, -0.2) is 0 Å². The molecule has 3 fully saturated rings. The maximum absolute atomic E-state index is 2.67. The molecule has 8 atom stereocenters. The van der Waals surface area contributed by atoms with E-state index in [1.54, 1.807) is 5.57 Å². The molecule has 0 aromatic rings. The molecule has 0 heterocycles. The third-order valence-electron chi connectivity index (χ3n) is 11.1. The Labute approximate surface area is 187 Å². The smallest absolute Gasteiger partial charge is 0.00473 e. The van der Waals surface area contributed by atoms with E-state index in [1.165, 1.54) is 44.9 Å². The summed E-state index contributed by atoms with van der Waals surface area (Å²) in [6.07, 6.45) is 20.1. The van der Waals surface area contributed by atoms with Crippen LogP contribution in [0.3, 0.4) is 0 Å². The van der Waals surface area contributed by atoms with Gasteiger partial charge in [-0.3, -0.25) is 0 Å². The van der Waals surface area contributed by atoms with E-state index in [9.17, 15) is 0 Å². The molecule has 0 aliphatic heterocycles. The van der Waals surface area contributed by atoms with Crippen LogP contribution in [0, 0.1) is 51.8 Å². The third kappa shape index (κ3) is 3.22. The van der Waals surface area contributed by atoms with Gasteiger partial charge in [0.15, 0.2) is 0 Å². The monoisotopic (exact) mass is 408 g/mol. The lowest BCUT2D eigenvalue weighted by atomic mass is 9.45. The van der Waals surface area contributed by atoms with E-state index in [0.717, 1.165) is 23.7 Å². The lowest BCUT2D eigenvalue weighted by Gasteiger charge is -2.59. The average Bonchev–Trinajstić information content (AvgIpc) is 2.97. The van der Waals surface area contributed by atoms with Crippen molar-refractivity contribution in [2.75, 3.05) is 0 Å². The molecule has 0 N–H and O–H groups in total. The van der Waals surface area contributed by atoms with Gasteiger partial charge >= 0.3 is 0 Å². The third-order valence-corrected chi connectivity index (χ3v) is 11.1. The second-order valence-electron chi connectivity index (χ2n) is 12.9. The maximum atomic E-state index is 2.67.